The third kappa shape index (κ3) is 4.49. The van der Waals surface area contributed by atoms with Gasteiger partial charge in [-0.1, -0.05) is 23.8 Å². The summed E-state index contributed by atoms with van der Waals surface area (Å²) in [5.41, 5.74) is 1.58. The molecule has 1 atom stereocenters. The number of nitrogens with one attached hydrogen (secondary N) is 1. The van der Waals surface area contributed by atoms with Gasteiger partial charge in [-0.15, -0.1) is 0 Å². The fourth-order valence-corrected chi connectivity index (χ4v) is 3.17. The summed E-state index contributed by atoms with van der Waals surface area (Å²) >= 11 is 0. The van der Waals surface area contributed by atoms with Crippen molar-refractivity contribution in [3.63, 3.8) is 0 Å². The Kier molecular flexibility index (Phi) is 5.51. The van der Waals surface area contributed by atoms with Gasteiger partial charge in [0.15, 0.2) is 9.84 Å². The molecule has 4 nitrogen and oxygen atoms in total. The van der Waals surface area contributed by atoms with Crippen LogP contribution < -0.4 is 5.32 Å². The highest BCUT2D eigenvalue weighted by molar-refractivity contribution is 7.91. The van der Waals surface area contributed by atoms with Crippen molar-refractivity contribution >= 4 is 15.7 Å². The molecule has 1 rings (SSSR count). The predicted octanol–water partition coefficient (Wildman–Crippen LogP) is 2.24. The molecule has 0 radical (unpaired) electrons. The number of hydrogen-bond donors (Lipinski definition) is 1. The number of allylic oxidation sites excluding steroid dienone is 1. The van der Waals surface area contributed by atoms with Crippen molar-refractivity contribution in [1.29, 1.82) is 0 Å². The molecule has 5 heteroatoms. The maximum atomic E-state index is 12.2. The Morgan fingerprint density at radius 3 is 2.35 bits per heavy atom. The Labute approximate surface area is 120 Å². The first-order valence-electron chi connectivity index (χ1n) is 6.49. The SMILES string of the molecule is CC=C(C)C(=O)NC(C)CS(=O)(=O)c1ccc(C)cc1. The van der Waals surface area contributed by atoms with Crippen LogP contribution in [-0.4, -0.2) is 26.1 Å². The van der Waals surface area contributed by atoms with E-state index >= 15 is 0 Å². The molecule has 0 aliphatic carbocycles. The second-order valence-electron chi connectivity index (χ2n) is 4.94. The summed E-state index contributed by atoms with van der Waals surface area (Å²) in [7, 11) is -3.39. The molecule has 0 bridgehead atoms. The van der Waals surface area contributed by atoms with E-state index in [4.69, 9.17) is 0 Å². The first kappa shape index (κ1) is 16.4. The van der Waals surface area contributed by atoms with E-state index in [2.05, 4.69) is 5.32 Å². The van der Waals surface area contributed by atoms with Gasteiger partial charge >= 0.3 is 0 Å². The molecule has 0 saturated heterocycles. The van der Waals surface area contributed by atoms with E-state index in [1.54, 1.807) is 51.1 Å². The van der Waals surface area contributed by atoms with E-state index in [0.717, 1.165) is 5.56 Å². The Morgan fingerprint density at radius 2 is 1.85 bits per heavy atom. The standard InChI is InChI=1S/C15H21NO3S/c1-5-12(3)15(17)16-13(4)10-20(18,19)14-8-6-11(2)7-9-14/h5-9,13H,10H2,1-4H3,(H,16,17). The Balaban J connectivity index is 2.76. The minimum atomic E-state index is -3.39. The lowest BCUT2D eigenvalue weighted by molar-refractivity contribution is -0.117. The van der Waals surface area contributed by atoms with Crippen LogP contribution in [0.15, 0.2) is 40.8 Å². The quantitative estimate of drug-likeness (QED) is 0.847. The predicted molar refractivity (Wildman–Crippen MR) is 80.3 cm³/mol. The van der Waals surface area contributed by atoms with Gasteiger partial charge in [0.2, 0.25) is 5.91 Å². The Hall–Kier alpha value is -1.62. The Morgan fingerprint density at radius 1 is 1.30 bits per heavy atom. The van der Waals surface area contributed by atoms with Crippen LogP contribution in [0, 0.1) is 6.92 Å². The third-order valence-corrected chi connectivity index (χ3v) is 4.95. The molecule has 1 aromatic carbocycles. The van der Waals surface area contributed by atoms with Gasteiger partial charge in [0, 0.05) is 11.6 Å². The maximum absolute atomic E-state index is 12.2. The van der Waals surface area contributed by atoms with Crippen LogP contribution in [0.4, 0.5) is 0 Å². The highest BCUT2D eigenvalue weighted by Gasteiger charge is 2.19. The van der Waals surface area contributed by atoms with Crippen LogP contribution in [0.1, 0.15) is 26.3 Å². The molecule has 1 aromatic rings. The molecule has 0 aliphatic rings. The number of hydrogen-bond acceptors (Lipinski definition) is 3. The smallest absolute Gasteiger partial charge is 0.246 e. The third-order valence-electron chi connectivity index (χ3n) is 3.02. The number of carbonyl (C=O) groups is 1. The summed E-state index contributed by atoms with van der Waals surface area (Å²) in [6.07, 6.45) is 1.69. The van der Waals surface area contributed by atoms with Crippen LogP contribution in [0.5, 0.6) is 0 Å². The highest BCUT2D eigenvalue weighted by atomic mass is 32.2. The van der Waals surface area contributed by atoms with Crippen molar-refractivity contribution in [2.75, 3.05) is 5.75 Å². The average Bonchev–Trinajstić information content (AvgIpc) is 2.37. The summed E-state index contributed by atoms with van der Waals surface area (Å²) in [5.74, 6) is -0.349. The molecule has 0 aromatic heterocycles. The molecule has 1 unspecified atom stereocenters. The molecule has 0 heterocycles. The van der Waals surface area contributed by atoms with Gasteiger partial charge in [-0.25, -0.2) is 8.42 Å². The van der Waals surface area contributed by atoms with Crippen LogP contribution >= 0.6 is 0 Å². The van der Waals surface area contributed by atoms with Crippen LogP contribution in [0.3, 0.4) is 0 Å². The molecule has 0 spiro atoms. The van der Waals surface area contributed by atoms with Crippen LogP contribution in [0.2, 0.25) is 0 Å². The van der Waals surface area contributed by atoms with Gasteiger partial charge in [-0.05, 0) is 39.8 Å². The number of sulfone groups is 1. The first-order valence-corrected chi connectivity index (χ1v) is 8.14. The van der Waals surface area contributed by atoms with E-state index in [0.29, 0.717) is 5.57 Å². The number of aryl methyl sites for hydroxylation is 1. The van der Waals surface area contributed by atoms with Crippen LogP contribution in [0.25, 0.3) is 0 Å². The van der Waals surface area contributed by atoms with Gasteiger partial charge in [0.1, 0.15) is 0 Å². The van der Waals surface area contributed by atoms with Crippen molar-refractivity contribution in [1.82, 2.24) is 5.32 Å². The molecule has 110 valence electrons. The van der Waals surface area contributed by atoms with Gasteiger partial charge < -0.3 is 5.32 Å². The first-order chi connectivity index (χ1) is 9.26. The minimum Gasteiger partial charge on any atom is -0.349 e. The maximum Gasteiger partial charge on any atom is 0.246 e. The summed E-state index contributed by atoms with van der Waals surface area (Å²) < 4.78 is 24.4. The fraction of sp³-hybridized carbons (Fsp3) is 0.400. The average molecular weight is 295 g/mol. The topological polar surface area (TPSA) is 63.2 Å². The molecule has 0 saturated carbocycles. The molecule has 1 N–H and O–H groups in total. The normalized spacial score (nSPS) is 13.9. The van der Waals surface area contributed by atoms with Crippen molar-refractivity contribution in [2.24, 2.45) is 0 Å². The van der Waals surface area contributed by atoms with Crippen molar-refractivity contribution in [3.8, 4) is 0 Å². The van der Waals surface area contributed by atoms with E-state index in [-0.39, 0.29) is 16.6 Å². The second kappa shape index (κ2) is 6.70. The molecule has 1 amide bonds. The van der Waals surface area contributed by atoms with E-state index in [9.17, 15) is 13.2 Å². The number of carbonyl (C=O) groups excluding carboxylic acids is 1. The van der Waals surface area contributed by atoms with Crippen molar-refractivity contribution < 1.29 is 13.2 Å². The summed E-state index contributed by atoms with van der Waals surface area (Å²) in [6, 6.07) is 6.27. The summed E-state index contributed by atoms with van der Waals surface area (Å²) in [4.78, 5) is 12.0. The second-order valence-corrected chi connectivity index (χ2v) is 6.97. The van der Waals surface area contributed by atoms with E-state index in [1.165, 1.54) is 0 Å². The van der Waals surface area contributed by atoms with E-state index < -0.39 is 15.9 Å². The monoisotopic (exact) mass is 295 g/mol. The number of rotatable bonds is 5. The fourth-order valence-electron chi connectivity index (χ4n) is 1.68. The minimum absolute atomic E-state index is 0.112. The largest absolute Gasteiger partial charge is 0.349 e. The van der Waals surface area contributed by atoms with Crippen molar-refractivity contribution in [3.05, 3.63) is 41.5 Å². The van der Waals surface area contributed by atoms with Gasteiger partial charge in [0.25, 0.3) is 0 Å². The Bertz CT molecular complexity index is 601. The summed E-state index contributed by atoms with van der Waals surface area (Å²) in [5, 5.41) is 2.68. The van der Waals surface area contributed by atoms with Gasteiger partial charge in [0.05, 0.1) is 10.6 Å². The zero-order valence-electron chi connectivity index (χ0n) is 12.3. The lowest BCUT2D eigenvalue weighted by atomic mass is 10.2. The molecular formula is C15H21NO3S. The number of amides is 1. The van der Waals surface area contributed by atoms with Gasteiger partial charge in [-0.3, -0.25) is 4.79 Å². The lowest BCUT2D eigenvalue weighted by Gasteiger charge is -2.14. The molecular weight excluding hydrogens is 274 g/mol. The number of benzene rings is 1. The molecule has 0 aliphatic heterocycles. The zero-order valence-corrected chi connectivity index (χ0v) is 13.1. The lowest BCUT2D eigenvalue weighted by Crippen LogP contribution is -2.37. The molecule has 20 heavy (non-hydrogen) atoms. The van der Waals surface area contributed by atoms with Crippen molar-refractivity contribution in [2.45, 2.75) is 38.6 Å². The zero-order chi connectivity index (χ0) is 15.3. The van der Waals surface area contributed by atoms with Crippen LogP contribution in [-0.2, 0) is 14.6 Å². The highest BCUT2D eigenvalue weighted by Crippen LogP contribution is 2.13. The van der Waals surface area contributed by atoms with E-state index in [1.807, 2.05) is 6.92 Å². The molecule has 0 fully saturated rings. The van der Waals surface area contributed by atoms with Gasteiger partial charge in [-0.2, -0.15) is 0 Å². The summed E-state index contributed by atoms with van der Waals surface area (Å²) in [6.45, 7) is 7.05.